The molecular weight excluding hydrogens is 218 g/mol. The molecule has 0 radical (unpaired) electrons. The van der Waals surface area contributed by atoms with Gasteiger partial charge in [0.2, 0.25) is 5.91 Å². The number of amides is 1. The average molecular weight is 237 g/mol. The van der Waals surface area contributed by atoms with E-state index in [2.05, 4.69) is 27.5 Å². The molecule has 1 aromatic heterocycles. The summed E-state index contributed by atoms with van der Waals surface area (Å²) in [7, 11) is 1.62. The van der Waals surface area contributed by atoms with Crippen molar-refractivity contribution >= 4 is 17.5 Å². The fourth-order valence-electron chi connectivity index (χ4n) is 1.37. The Morgan fingerprint density at radius 1 is 1.47 bits per heavy atom. The molecule has 0 unspecified atom stereocenters. The van der Waals surface area contributed by atoms with Gasteiger partial charge in [-0.05, 0) is 6.42 Å². The highest BCUT2D eigenvalue weighted by atomic mass is 16.1. The zero-order chi connectivity index (χ0) is 12.7. The van der Waals surface area contributed by atoms with Crippen LogP contribution in [0.2, 0.25) is 0 Å². The number of carbonyl (C=O) groups excluding carboxylic acids is 1. The lowest BCUT2D eigenvalue weighted by atomic mass is 10.3. The first-order chi connectivity index (χ1) is 8.15. The molecule has 0 fully saturated rings. The average Bonchev–Trinajstić information content (AvgIpc) is 2.28. The predicted molar refractivity (Wildman–Crippen MR) is 67.6 cm³/mol. The van der Waals surface area contributed by atoms with E-state index in [1.165, 1.54) is 0 Å². The van der Waals surface area contributed by atoms with E-state index in [1.54, 1.807) is 13.1 Å². The van der Waals surface area contributed by atoms with Crippen LogP contribution in [0.5, 0.6) is 0 Å². The second-order valence-electron chi connectivity index (χ2n) is 3.69. The molecule has 1 aromatic rings. The van der Waals surface area contributed by atoms with Crippen molar-refractivity contribution in [3.8, 4) is 0 Å². The van der Waals surface area contributed by atoms with E-state index in [0.29, 0.717) is 24.6 Å². The maximum absolute atomic E-state index is 11.0. The van der Waals surface area contributed by atoms with Crippen LogP contribution in [0.15, 0.2) is 6.07 Å². The standard InChI is InChI=1S/C11H19N5O/c1-3-4-9-15-8(12)7-10(16-9)14-6-5-11(17)13-2/h7H,3-6H2,1-2H3,(H,13,17)(H3,12,14,15,16). The molecule has 0 aromatic carbocycles. The van der Waals surface area contributed by atoms with Crippen LogP contribution in [0, 0.1) is 0 Å². The molecule has 0 aliphatic heterocycles. The molecule has 0 saturated carbocycles. The Labute approximate surface area is 101 Å². The van der Waals surface area contributed by atoms with Crippen LogP contribution in [-0.4, -0.2) is 29.5 Å². The number of aryl methyl sites for hydroxylation is 1. The topological polar surface area (TPSA) is 92.9 Å². The lowest BCUT2D eigenvalue weighted by molar-refractivity contribution is -0.120. The van der Waals surface area contributed by atoms with E-state index in [4.69, 9.17) is 5.73 Å². The van der Waals surface area contributed by atoms with Gasteiger partial charge >= 0.3 is 0 Å². The lowest BCUT2D eigenvalue weighted by Gasteiger charge is -2.07. The van der Waals surface area contributed by atoms with Crippen molar-refractivity contribution in [1.29, 1.82) is 0 Å². The molecule has 4 N–H and O–H groups in total. The van der Waals surface area contributed by atoms with Crippen LogP contribution in [0.25, 0.3) is 0 Å². The van der Waals surface area contributed by atoms with E-state index >= 15 is 0 Å². The molecule has 94 valence electrons. The van der Waals surface area contributed by atoms with Gasteiger partial charge in [-0.15, -0.1) is 0 Å². The lowest BCUT2D eigenvalue weighted by Crippen LogP contribution is -2.21. The highest BCUT2D eigenvalue weighted by Gasteiger charge is 2.03. The van der Waals surface area contributed by atoms with Gasteiger partial charge in [-0.3, -0.25) is 4.79 Å². The third kappa shape index (κ3) is 4.67. The first-order valence-electron chi connectivity index (χ1n) is 5.73. The Balaban J connectivity index is 2.55. The largest absolute Gasteiger partial charge is 0.384 e. The van der Waals surface area contributed by atoms with Crippen LogP contribution in [0.4, 0.5) is 11.6 Å². The van der Waals surface area contributed by atoms with Crippen LogP contribution < -0.4 is 16.4 Å². The fraction of sp³-hybridized carbons (Fsp3) is 0.545. The number of nitrogen functional groups attached to an aromatic ring is 1. The van der Waals surface area contributed by atoms with Gasteiger partial charge in [-0.25, -0.2) is 9.97 Å². The van der Waals surface area contributed by atoms with Crippen LogP contribution in [-0.2, 0) is 11.2 Å². The summed E-state index contributed by atoms with van der Waals surface area (Å²) < 4.78 is 0. The summed E-state index contributed by atoms with van der Waals surface area (Å²) in [6.07, 6.45) is 2.18. The molecule has 6 nitrogen and oxygen atoms in total. The minimum atomic E-state index is -0.00619. The molecule has 0 aliphatic rings. The SMILES string of the molecule is CCCc1nc(N)cc(NCCC(=O)NC)n1. The van der Waals surface area contributed by atoms with E-state index < -0.39 is 0 Å². The van der Waals surface area contributed by atoms with Crippen molar-refractivity contribution in [2.45, 2.75) is 26.2 Å². The Bertz CT molecular complexity index is 380. The molecule has 0 aliphatic carbocycles. The number of rotatable bonds is 6. The highest BCUT2D eigenvalue weighted by Crippen LogP contribution is 2.09. The van der Waals surface area contributed by atoms with Crippen molar-refractivity contribution in [3.05, 3.63) is 11.9 Å². The van der Waals surface area contributed by atoms with Crippen LogP contribution >= 0.6 is 0 Å². The minimum absolute atomic E-state index is 0.00619. The zero-order valence-corrected chi connectivity index (χ0v) is 10.3. The molecule has 0 saturated heterocycles. The number of aromatic nitrogens is 2. The Kier molecular flexibility index (Phi) is 5.19. The number of carbonyl (C=O) groups is 1. The summed E-state index contributed by atoms with van der Waals surface area (Å²) >= 11 is 0. The summed E-state index contributed by atoms with van der Waals surface area (Å²) in [5.74, 6) is 1.85. The molecular formula is C11H19N5O. The van der Waals surface area contributed by atoms with Crippen molar-refractivity contribution in [2.24, 2.45) is 0 Å². The van der Waals surface area contributed by atoms with Gasteiger partial charge < -0.3 is 16.4 Å². The number of anilines is 2. The van der Waals surface area contributed by atoms with Gasteiger partial charge in [0.05, 0.1) is 0 Å². The van der Waals surface area contributed by atoms with E-state index in [9.17, 15) is 4.79 Å². The molecule has 6 heteroatoms. The normalized spacial score (nSPS) is 10.0. The van der Waals surface area contributed by atoms with Crippen molar-refractivity contribution in [1.82, 2.24) is 15.3 Å². The molecule has 17 heavy (non-hydrogen) atoms. The van der Waals surface area contributed by atoms with Gasteiger partial charge in [0.1, 0.15) is 17.5 Å². The molecule has 1 amide bonds. The minimum Gasteiger partial charge on any atom is -0.384 e. The predicted octanol–water partition coefficient (Wildman–Crippen LogP) is 0.559. The number of nitrogens with one attached hydrogen (secondary N) is 2. The van der Waals surface area contributed by atoms with Gasteiger partial charge in [0.25, 0.3) is 0 Å². The quantitative estimate of drug-likeness (QED) is 0.672. The van der Waals surface area contributed by atoms with Gasteiger partial charge in [0, 0.05) is 32.5 Å². The Morgan fingerprint density at radius 3 is 2.88 bits per heavy atom. The Morgan fingerprint density at radius 2 is 2.24 bits per heavy atom. The summed E-state index contributed by atoms with van der Waals surface area (Å²) in [6.45, 7) is 2.59. The third-order valence-corrected chi connectivity index (χ3v) is 2.20. The van der Waals surface area contributed by atoms with Crippen LogP contribution in [0.3, 0.4) is 0 Å². The maximum atomic E-state index is 11.0. The summed E-state index contributed by atoms with van der Waals surface area (Å²) in [5.41, 5.74) is 5.68. The fourth-order valence-corrected chi connectivity index (χ4v) is 1.37. The third-order valence-electron chi connectivity index (χ3n) is 2.20. The van der Waals surface area contributed by atoms with Crippen molar-refractivity contribution in [3.63, 3.8) is 0 Å². The van der Waals surface area contributed by atoms with Crippen molar-refractivity contribution < 1.29 is 4.79 Å². The summed E-state index contributed by atoms with van der Waals surface area (Å²) in [6, 6.07) is 1.67. The van der Waals surface area contributed by atoms with Crippen molar-refractivity contribution in [2.75, 3.05) is 24.6 Å². The zero-order valence-electron chi connectivity index (χ0n) is 10.3. The highest BCUT2D eigenvalue weighted by molar-refractivity contribution is 5.76. The van der Waals surface area contributed by atoms with E-state index in [0.717, 1.165) is 18.7 Å². The van der Waals surface area contributed by atoms with E-state index in [1.807, 2.05) is 0 Å². The van der Waals surface area contributed by atoms with E-state index in [-0.39, 0.29) is 5.91 Å². The monoisotopic (exact) mass is 237 g/mol. The maximum Gasteiger partial charge on any atom is 0.221 e. The molecule has 0 atom stereocenters. The first-order valence-corrected chi connectivity index (χ1v) is 5.73. The molecule has 0 bridgehead atoms. The second-order valence-corrected chi connectivity index (χ2v) is 3.69. The van der Waals surface area contributed by atoms with Gasteiger partial charge in [-0.1, -0.05) is 6.92 Å². The second kappa shape index (κ2) is 6.67. The molecule has 0 spiro atoms. The first kappa shape index (κ1) is 13.2. The number of hydrogen-bond donors (Lipinski definition) is 3. The summed E-state index contributed by atoms with van der Waals surface area (Å²) in [5, 5.41) is 5.62. The smallest absolute Gasteiger partial charge is 0.221 e. The molecule has 1 heterocycles. The summed E-state index contributed by atoms with van der Waals surface area (Å²) in [4.78, 5) is 19.5. The van der Waals surface area contributed by atoms with Gasteiger partial charge in [0.15, 0.2) is 0 Å². The number of nitrogens with zero attached hydrogens (tertiary/aromatic N) is 2. The van der Waals surface area contributed by atoms with Gasteiger partial charge in [-0.2, -0.15) is 0 Å². The Hall–Kier alpha value is -1.85. The molecule has 1 rings (SSSR count). The number of hydrogen-bond acceptors (Lipinski definition) is 5. The number of nitrogens with two attached hydrogens (primary N) is 1. The van der Waals surface area contributed by atoms with Crippen LogP contribution in [0.1, 0.15) is 25.6 Å².